The van der Waals surface area contributed by atoms with Crippen molar-refractivity contribution in [1.29, 1.82) is 0 Å². The molecule has 6 heteroatoms. The zero-order chi connectivity index (χ0) is 12.0. The van der Waals surface area contributed by atoms with Crippen LogP contribution in [0.15, 0.2) is 12.1 Å². The maximum absolute atomic E-state index is 11.8. The summed E-state index contributed by atoms with van der Waals surface area (Å²) in [7, 11) is 0. The summed E-state index contributed by atoms with van der Waals surface area (Å²) in [4.78, 5) is 11.8. The highest BCUT2D eigenvalue weighted by atomic mass is 35.5. The van der Waals surface area contributed by atoms with Crippen LogP contribution in [0, 0.1) is 24.0 Å². The van der Waals surface area contributed by atoms with Gasteiger partial charge in [-0.3, -0.25) is 0 Å². The number of halogens is 2. The fourth-order valence-corrected chi connectivity index (χ4v) is 1.82. The van der Waals surface area contributed by atoms with Crippen LogP contribution in [-0.4, -0.2) is 4.73 Å². The summed E-state index contributed by atoms with van der Waals surface area (Å²) in [5.41, 5.74) is 1.13. The van der Waals surface area contributed by atoms with Crippen LogP contribution in [-0.2, 0) is 0 Å². The van der Waals surface area contributed by atoms with Crippen LogP contribution >= 0.6 is 23.2 Å². The molecular weight excluding hydrogens is 251 g/mol. The van der Waals surface area contributed by atoms with E-state index in [0.717, 1.165) is 0 Å². The van der Waals surface area contributed by atoms with Crippen molar-refractivity contribution in [3.05, 3.63) is 43.7 Å². The van der Waals surface area contributed by atoms with E-state index >= 15 is 0 Å². The normalized spacial score (nSPS) is 11.0. The third-order valence-corrected chi connectivity index (χ3v) is 3.31. The largest absolute Gasteiger partial charge is 0.805 e. The lowest BCUT2D eigenvalue weighted by Gasteiger charge is -2.15. The van der Waals surface area contributed by atoms with E-state index in [1.54, 1.807) is 13.8 Å². The number of fused-ring (bicyclic) bond motifs is 1. The van der Waals surface area contributed by atoms with Gasteiger partial charge in [0.25, 0.3) is 11.2 Å². The predicted octanol–water partition coefficient (Wildman–Crippen LogP) is 2.83. The van der Waals surface area contributed by atoms with Crippen molar-refractivity contribution in [3.63, 3.8) is 0 Å². The first-order chi connectivity index (χ1) is 7.43. The average Bonchev–Trinajstić information content (AvgIpc) is 2.26. The Balaban J connectivity index is 3.09. The summed E-state index contributed by atoms with van der Waals surface area (Å²) in [6.07, 6.45) is 0. The highest BCUT2D eigenvalue weighted by Gasteiger charge is 2.17. The molecular formula is C10H8Cl2N2O2. The van der Waals surface area contributed by atoms with Gasteiger partial charge in [-0.05, 0) is 13.0 Å². The summed E-state index contributed by atoms with van der Waals surface area (Å²) in [6.45, 7) is 3.16. The van der Waals surface area contributed by atoms with E-state index in [-0.39, 0.29) is 21.1 Å². The molecule has 0 aliphatic rings. The Bertz CT molecular complexity index is 650. The van der Waals surface area contributed by atoms with Crippen molar-refractivity contribution in [2.45, 2.75) is 13.8 Å². The van der Waals surface area contributed by atoms with Crippen molar-refractivity contribution >= 4 is 34.2 Å². The maximum atomic E-state index is 11.8. The molecule has 1 aromatic heterocycles. The zero-order valence-corrected chi connectivity index (χ0v) is 10.1. The van der Waals surface area contributed by atoms with Crippen molar-refractivity contribution in [2.75, 3.05) is 0 Å². The molecule has 0 saturated carbocycles. The van der Waals surface area contributed by atoms with Crippen LogP contribution in [0.25, 0.3) is 11.0 Å². The zero-order valence-electron chi connectivity index (χ0n) is 8.62. The lowest BCUT2D eigenvalue weighted by Crippen LogP contribution is -2.24. The molecule has 4 nitrogen and oxygen atoms in total. The van der Waals surface area contributed by atoms with Crippen LogP contribution in [0.3, 0.4) is 0 Å². The van der Waals surface area contributed by atoms with E-state index in [1.807, 2.05) is 0 Å². The second kappa shape index (κ2) is 3.64. The molecule has 2 rings (SSSR count). The van der Waals surface area contributed by atoms with Crippen molar-refractivity contribution < 1.29 is 4.43 Å². The average molecular weight is 259 g/mol. The van der Waals surface area contributed by atoms with Gasteiger partial charge in [-0.1, -0.05) is 23.2 Å². The number of nitrogens with zero attached hydrogens (tertiary/aromatic N) is 2. The van der Waals surface area contributed by atoms with Gasteiger partial charge in [-0.2, -0.15) is 0 Å². The van der Waals surface area contributed by atoms with E-state index in [9.17, 15) is 10.1 Å². The van der Waals surface area contributed by atoms with Gasteiger partial charge in [0.05, 0.1) is 20.2 Å². The maximum Gasteiger partial charge on any atom is 0.287 e. The molecule has 16 heavy (non-hydrogen) atoms. The standard InChI is InChI=1S/C10H8Cl2N2O2/c1-5-6(2)14(16)10-4-8(12)7(11)3-9(10)13(5)15/h3-4H,1-2H3. The highest BCUT2D eigenvalue weighted by molar-refractivity contribution is 6.42. The van der Waals surface area contributed by atoms with Crippen molar-refractivity contribution in [2.24, 2.45) is 0 Å². The quantitative estimate of drug-likeness (QED) is 0.683. The minimum atomic E-state index is 0.215. The molecule has 1 aromatic carbocycles. The van der Waals surface area contributed by atoms with Gasteiger partial charge in [0.2, 0.25) is 0 Å². The van der Waals surface area contributed by atoms with E-state index in [4.69, 9.17) is 23.2 Å². The van der Waals surface area contributed by atoms with Gasteiger partial charge in [0.1, 0.15) is 5.52 Å². The molecule has 0 atom stereocenters. The minimum absolute atomic E-state index is 0.215. The van der Waals surface area contributed by atoms with Crippen molar-refractivity contribution in [3.8, 4) is 0 Å². The second-order valence-electron chi connectivity index (χ2n) is 3.51. The molecule has 0 aliphatic carbocycles. The highest BCUT2D eigenvalue weighted by Crippen LogP contribution is 2.26. The molecule has 1 heterocycles. The Morgan fingerprint density at radius 2 is 1.81 bits per heavy atom. The smallest absolute Gasteiger partial charge is 0.287 e. The minimum Gasteiger partial charge on any atom is -0.805 e. The van der Waals surface area contributed by atoms with Crippen LogP contribution in [0.1, 0.15) is 11.4 Å². The second-order valence-corrected chi connectivity index (χ2v) is 4.33. The topological polar surface area (TPSA) is 51.0 Å². The number of hydrogen-bond donors (Lipinski definition) is 0. The fourth-order valence-electron chi connectivity index (χ4n) is 1.51. The van der Waals surface area contributed by atoms with Gasteiger partial charge < -0.3 is 9.94 Å². The van der Waals surface area contributed by atoms with Crippen molar-refractivity contribution in [1.82, 2.24) is 4.73 Å². The summed E-state index contributed by atoms with van der Waals surface area (Å²) in [5, 5.41) is 12.3. The van der Waals surface area contributed by atoms with E-state index in [2.05, 4.69) is 0 Å². The summed E-state index contributed by atoms with van der Waals surface area (Å²) in [6, 6.07) is 2.79. The van der Waals surface area contributed by atoms with Gasteiger partial charge in [0, 0.05) is 17.9 Å². The fraction of sp³-hybridized carbons (Fsp3) is 0.200. The Morgan fingerprint density at radius 3 is 2.44 bits per heavy atom. The van der Waals surface area contributed by atoms with Crippen LogP contribution < -0.4 is 4.43 Å². The van der Waals surface area contributed by atoms with Gasteiger partial charge in [-0.25, -0.2) is 0 Å². The Hall–Kier alpha value is -1.26. The number of aromatic nitrogens is 2. The third kappa shape index (κ3) is 1.45. The lowest BCUT2D eigenvalue weighted by atomic mass is 10.2. The molecule has 0 spiro atoms. The first-order valence-corrected chi connectivity index (χ1v) is 5.30. The van der Waals surface area contributed by atoms with Gasteiger partial charge >= 0.3 is 0 Å². The molecule has 0 bridgehead atoms. The van der Waals surface area contributed by atoms with Gasteiger partial charge in [0.15, 0.2) is 0 Å². The van der Waals surface area contributed by atoms with Crippen LogP contribution in [0.4, 0.5) is 0 Å². The predicted molar refractivity (Wildman–Crippen MR) is 63.6 cm³/mol. The third-order valence-electron chi connectivity index (χ3n) is 2.59. The van der Waals surface area contributed by atoms with E-state index < -0.39 is 0 Å². The van der Waals surface area contributed by atoms with E-state index in [0.29, 0.717) is 20.5 Å². The summed E-state index contributed by atoms with van der Waals surface area (Å²) in [5.74, 6) is 0. The SMILES string of the molecule is Cc1c(C)[n+](=O)c2cc(Cl)c(Cl)cc2n1[O-]. The Kier molecular flexibility index (Phi) is 2.56. The molecule has 0 amide bonds. The van der Waals surface area contributed by atoms with Crippen LogP contribution in [0.2, 0.25) is 10.0 Å². The molecule has 0 radical (unpaired) electrons. The molecule has 0 fully saturated rings. The Labute approximate surface area is 101 Å². The molecule has 84 valence electrons. The first-order valence-electron chi connectivity index (χ1n) is 4.54. The molecule has 2 aromatic rings. The molecule has 0 N–H and O–H groups in total. The molecule has 0 aliphatic heterocycles. The summed E-state index contributed by atoms with van der Waals surface area (Å²) < 4.78 is 1.36. The monoisotopic (exact) mass is 258 g/mol. The lowest BCUT2D eigenvalue weighted by molar-refractivity contribution is -0.473. The molecule has 0 unspecified atom stereocenters. The number of hydrogen-bond acceptors (Lipinski definition) is 2. The number of benzene rings is 1. The first kappa shape index (κ1) is 11.2. The van der Waals surface area contributed by atoms with E-state index in [1.165, 1.54) is 12.1 Å². The van der Waals surface area contributed by atoms with Crippen LogP contribution in [0.5, 0.6) is 0 Å². The van der Waals surface area contributed by atoms with Gasteiger partial charge in [-0.15, -0.1) is 0 Å². The number of rotatable bonds is 0. The molecule has 0 saturated heterocycles. The summed E-state index contributed by atoms with van der Waals surface area (Å²) >= 11 is 11.6. The Morgan fingerprint density at radius 1 is 1.25 bits per heavy atom.